The molecule has 142 valence electrons. The zero-order valence-corrected chi connectivity index (χ0v) is 16.5. The van der Waals surface area contributed by atoms with E-state index in [1.807, 2.05) is 35.8 Å². The van der Waals surface area contributed by atoms with Crippen LogP contribution in [0.3, 0.4) is 0 Å². The van der Waals surface area contributed by atoms with Crippen LogP contribution in [0.1, 0.15) is 31.7 Å². The average molecular weight is 385 g/mol. The van der Waals surface area contributed by atoms with Gasteiger partial charge in [-0.25, -0.2) is 0 Å². The third-order valence-electron chi connectivity index (χ3n) is 3.99. The van der Waals surface area contributed by atoms with Crippen LogP contribution < -0.4 is 5.32 Å². The highest BCUT2D eigenvalue weighted by Crippen LogP contribution is 2.29. The van der Waals surface area contributed by atoms with E-state index in [2.05, 4.69) is 34.6 Å². The summed E-state index contributed by atoms with van der Waals surface area (Å²) in [4.78, 5) is 11.7. The van der Waals surface area contributed by atoms with Crippen LogP contribution in [0.2, 0.25) is 0 Å². The molecule has 0 aliphatic heterocycles. The van der Waals surface area contributed by atoms with E-state index in [9.17, 15) is 4.79 Å². The zero-order chi connectivity index (χ0) is 19.1. The number of hydrogen-bond donors (Lipinski definition) is 1. The fraction of sp³-hybridized carbons (Fsp3) is 0.350. The van der Waals surface area contributed by atoms with Crippen molar-refractivity contribution in [2.75, 3.05) is 12.3 Å². The molecule has 1 N–H and O–H groups in total. The number of aryl methyl sites for hydroxylation is 1. The van der Waals surface area contributed by atoms with Crippen molar-refractivity contribution < 1.29 is 9.21 Å². The minimum Gasteiger partial charge on any atom is -0.461 e. The Kier molecular flexibility index (Phi) is 6.70. The topological polar surface area (TPSA) is 73.0 Å². The molecule has 1 aromatic carbocycles. The summed E-state index contributed by atoms with van der Waals surface area (Å²) in [6.45, 7) is 4.84. The van der Waals surface area contributed by atoms with Crippen molar-refractivity contribution in [1.82, 2.24) is 20.1 Å². The Balaban J connectivity index is 1.74. The second kappa shape index (κ2) is 9.41. The third-order valence-corrected chi connectivity index (χ3v) is 5.00. The van der Waals surface area contributed by atoms with Gasteiger partial charge in [-0.2, -0.15) is 0 Å². The summed E-state index contributed by atoms with van der Waals surface area (Å²) < 4.78 is 7.54. The predicted octanol–water partition coefficient (Wildman–Crippen LogP) is 4.23. The molecule has 0 aliphatic rings. The number of amides is 1. The minimum absolute atomic E-state index is 0.105. The second-order valence-corrected chi connectivity index (χ2v) is 7.32. The summed E-state index contributed by atoms with van der Waals surface area (Å²) in [5.41, 5.74) is 2.16. The summed E-state index contributed by atoms with van der Waals surface area (Å²) in [6, 6.07) is 11.9. The average Bonchev–Trinajstić information content (AvgIpc) is 3.33. The molecule has 0 unspecified atom stereocenters. The molecule has 0 radical (unpaired) electrons. The molecule has 0 fully saturated rings. The number of hydrogen-bond acceptors (Lipinski definition) is 5. The number of rotatable bonds is 9. The fourth-order valence-electron chi connectivity index (χ4n) is 2.68. The number of aromatic nitrogens is 3. The maximum atomic E-state index is 11.7. The van der Waals surface area contributed by atoms with Gasteiger partial charge in [0.05, 0.1) is 12.0 Å². The molecule has 2 heterocycles. The van der Waals surface area contributed by atoms with E-state index in [0.29, 0.717) is 18.0 Å². The van der Waals surface area contributed by atoms with Gasteiger partial charge in [-0.1, -0.05) is 30.8 Å². The standard InChI is InChI=1S/C20H24N4O2S/c1-3-11-21-18(25)10-6-13-27-20-23-22-19(17-9-5-12-26-17)24(20)16-8-4-7-15(2)14-16/h4-5,7-9,12,14H,3,6,10-11,13H2,1-2H3,(H,21,25). The molecule has 2 aromatic heterocycles. The highest BCUT2D eigenvalue weighted by molar-refractivity contribution is 7.99. The van der Waals surface area contributed by atoms with Crippen LogP contribution in [0.15, 0.2) is 52.2 Å². The zero-order valence-electron chi connectivity index (χ0n) is 15.6. The van der Waals surface area contributed by atoms with E-state index in [1.54, 1.807) is 18.0 Å². The molecular weight excluding hydrogens is 360 g/mol. The predicted molar refractivity (Wildman–Crippen MR) is 107 cm³/mol. The lowest BCUT2D eigenvalue weighted by molar-refractivity contribution is -0.121. The lowest BCUT2D eigenvalue weighted by atomic mass is 10.2. The van der Waals surface area contributed by atoms with Gasteiger partial charge in [0, 0.05) is 18.7 Å². The van der Waals surface area contributed by atoms with Crippen molar-refractivity contribution in [3.63, 3.8) is 0 Å². The van der Waals surface area contributed by atoms with Gasteiger partial charge in [-0.3, -0.25) is 9.36 Å². The minimum atomic E-state index is 0.105. The van der Waals surface area contributed by atoms with Gasteiger partial charge >= 0.3 is 0 Å². The molecule has 0 saturated heterocycles. The summed E-state index contributed by atoms with van der Waals surface area (Å²) in [5.74, 6) is 2.25. The van der Waals surface area contributed by atoms with E-state index in [4.69, 9.17) is 4.42 Å². The highest BCUT2D eigenvalue weighted by atomic mass is 32.2. The Morgan fingerprint density at radius 3 is 2.89 bits per heavy atom. The maximum Gasteiger partial charge on any atom is 0.220 e. The van der Waals surface area contributed by atoms with E-state index in [1.165, 1.54) is 0 Å². The van der Waals surface area contributed by atoms with E-state index >= 15 is 0 Å². The van der Waals surface area contributed by atoms with Gasteiger partial charge in [-0.05, 0) is 49.6 Å². The molecule has 0 aliphatic carbocycles. The summed E-state index contributed by atoms with van der Waals surface area (Å²) in [5, 5.41) is 12.4. The van der Waals surface area contributed by atoms with Gasteiger partial charge < -0.3 is 9.73 Å². The van der Waals surface area contributed by atoms with E-state index in [-0.39, 0.29) is 5.91 Å². The van der Waals surface area contributed by atoms with Gasteiger partial charge in [0.15, 0.2) is 10.9 Å². The molecule has 7 heteroatoms. The summed E-state index contributed by atoms with van der Waals surface area (Å²) in [6.07, 6.45) is 3.90. The molecule has 0 atom stereocenters. The van der Waals surface area contributed by atoms with Gasteiger partial charge in [-0.15, -0.1) is 10.2 Å². The monoisotopic (exact) mass is 384 g/mol. The van der Waals surface area contributed by atoms with Gasteiger partial charge in [0.2, 0.25) is 11.7 Å². The maximum absolute atomic E-state index is 11.7. The highest BCUT2D eigenvalue weighted by Gasteiger charge is 2.18. The Labute approximate surface area is 163 Å². The Morgan fingerprint density at radius 2 is 2.15 bits per heavy atom. The summed E-state index contributed by atoms with van der Waals surface area (Å²) >= 11 is 1.60. The van der Waals surface area contributed by atoms with Crippen LogP contribution in [0.4, 0.5) is 0 Å². The van der Waals surface area contributed by atoms with Gasteiger partial charge in [0.25, 0.3) is 0 Å². The van der Waals surface area contributed by atoms with Crippen molar-refractivity contribution in [3.05, 3.63) is 48.2 Å². The van der Waals surface area contributed by atoms with Crippen molar-refractivity contribution in [2.24, 2.45) is 0 Å². The molecular formula is C20H24N4O2S. The van der Waals surface area contributed by atoms with Crippen LogP contribution in [-0.4, -0.2) is 33.0 Å². The van der Waals surface area contributed by atoms with E-state index < -0.39 is 0 Å². The molecule has 1 amide bonds. The first-order valence-corrected chi connectivity index (χ1v) is 10.1. The number of carbonyl (C=O) groups excluding carboxylic acids is 1. The smallest absolute Gasteiger partial charge is 0.220 e. The Hall–Kier alpha value is -2.54. The third kappa shape index (κ3) is 5.01. The molecule has 3 aromatic rings. The first-order valence-electron chi connectivity index (χ1n) is 9.15. The van der Waals surface area contributed by atoms with Crippen molar-refractivity contribution >= 4 is 17.7 Å². The van der Waals surface area contributed by atoms with Crippen LogP contribution in [0, 0.1) is 6.92 Å². The lowest BCUT2D eigenvalue weighted by Crippen LogP contribution is -2.23. The molecule has 0 saturated carbocycles. The van der Waals surface area contributed by atoms with Crippen molar-refractivity contribution in [2.45, 2.75) is 38.3 Å². The van der Waals surface area contributed by atoms with Crippen LogP contribution in [-0.2, 0) is 4.79 Å². The first-order chi connectivity index (χ1) is 13.2. The number of benzene rings is 1. The van der Waals surface area contributed by atoms with Crippen LogP contribution in [0.5, 0.6) is 0 Å². The summed E-state index contributed by atoms with van der Waals surface area (Å²) in [7, 11) is 0. The largest absolute Gasteiger partial charge is 0.461 e. The van der Waals surface area contributed by atoms with Crippen LogP contribution in [0.25, 0.3) is 17.3 Å². The van der Waals surface area contributed by atoms with Gasteiger partial charge in [0.1, 0.15) is 0 Å². The number of nitrogens with one attached hydrogen (secondary N) is 1. The quantitative estimate of drug-likeness (QED) is 0.441. The number of nitrogens with zero attached hydrogens (tertiary/aromatic N) is 3. The normalized spacial score (nSPS) is 10.9. The fourth-order valence-corrected chi connectivity index (χ4v) is 3.57. The Bertz CT molecular complexity index is 874. The first kappa shape index (κ1) is 19.2. The molecule has 0 spiro atoms. The molecule has 3 rings (SSSR count). The molecule has 27 heavy (non-hydrogen) atoms. The molecule has 0 bridgehead atoms. The van der Waals surface area contributed by atoms with Crippen molar-refractivity contribution in [1.29, 1.82) is 0 Å². The van der Waals surface area contributed by atoms with E-state index in [0.717, 1.165) is 41.5 Å². The molecule has 6 nitrogen and oxygen atoms in total. The number of furan rings is 1. The van der Waals surface area contributed by atoms with Crippen molar-refractivity contribution in [3.8, 4) is 17.3 Å². The lowest BCUT2D eigenvalue weighted by Gasteiger charge is -2.10. The van der Waals surface area contributed by atoms with Crippen LogP contribution >= 0.6 is 11.8 Å². The number of thioether (sulfide) groups is 1. The second-order valence-electron chi connectivity index (χ2n) is 6.26. The SMILES string of the molecule is CCCNC(=O)CCCSc1nnc(-c2ccco2)n1-c1cccc(C)c1. The Morgan fingerprint density at radius 1 is 1.26 bits per heavy atom. The number of carbonyl (C=O) groups is 1.